The van der Waals surface area contributed by atoms with E-state index in [1.165, 1.54) is 0 Å². The van der Waals surface area contributed by atoms with E-state index in [1.807, 2.05) is 12.2 Å². The molecular weight excluding hydrogens is 264 g/mol. The molecule has 0 bridgehead atoms. The van der Waals surface area contributed by atoms with Crippen LogP contribution in [0, 0.1) is 0 Å². The van der Waals surface area contributed by atoms with Crippen LogP contribution in [-0.4, -0.2) is 43.1 Å². The molecule has 0 aromatic heterocycles. The van der Waals surface area contributed by atoms with E-state index in [4.69, 9.17) is 18.9 Å². The van der Waals surface area contributed by atoms with Crippen LogP contribution in [0.5, 0.6) is 0 Å². The highest BCUT2D eigenvalue weighted by atomic mass is 16.8. The minimum atomic E-state index is -1.06. The van der Waals surface area contributed by atoms with Crippen molar-refractivity contribution in [2.75, 3.05) is 13.2 Å². The van der Waals surface area contributed by atoms with Gasteiger partial charge in [-0.25, -0.2) is 9.59 Å². The minimum absolute atomic E-state index is 0.223. The van der Waals surface area contributed by atoms with Crippen molar-refractivity contribution >= 4 is 11.9 Å². The zero-order valence-electron chi connectivity index (χ0n) is 11.8. The van der Waals surface area contributed by atoms with E-state index in [9.17, 15) is 9.59 Å². The molecule has 1 aliphatic carbocycles. The second-order valence-corrected chi connectivity index (χ2v) is 4.71. The molecule has 0 aromatic rings. The van der Waals surface area contributed by atoms with Gasteiger partial charge in [-0.3, -0.25) is 0 Å². The Morgan fingerprint density at radius 3 is 2.05 bits per heavy atom. The Morgan fingerprint density at radius 1 is 1.10 bits per heavy atom. The fraction of sp³-hybridized carbons (Fsp3) is 0.714. The first-order valence-electron chi connectivity index (χ1n) is 6.96. The Hall–Kier alpha value is -1.40. The lowest BCUT2D eigenvalue weighted by Gasteiger charge is -2.28. The van der Waals surface area contributed by atoms with Gasteiger partial charge in [-0.15, -0.1) is 0 Å². The van der Waals surface area contributed by atoms with E-state index in [0.717, 1.165) is 6.42 Å². The number of carbonyl (C=O) groups excluding carboxylic acids is 2. The van der Waals surface area contributed by atoms with E-state index in [0.29, 0.717) is 12.8 Å². The van der Waals surface area contributed by atoms with E-state index in [-0.39, 0.29) is 13.2 Å². The van der Waals surface area contributed by atoms with Crippen LogP contribution in [0.1, 0.15) is 33.1 Å². The SMILES string of the molecule is CCOC(=O)[C@H]1OC2(CC=CCC2)O[C@@H]1C(=O)OCC. The van der Waals surface area contributed by atoms with E-state index >= 15 is 0 Å². The van der Waals surface area contributed by atoms with Gasteiger partial charge in [0.05, 0.1) is 13.2 Å². The normalized spacial score (nSPS) is 27.5. The Labute approximate surface area is 118 Å². The highest BCUT2D eigenvalue weighted by molar-refractivity contribution is 5.86. The van der Waals surface area contributed by atoms with Crippen molar-refractivity contribution in [2.24, 2.45) is 0 Å². The van der Waals surface area contributed by atoms with Crippen molar-refractivity contribution < 1.29 is 28.5 Å². The summed E-state index contributed by atoms with van der Waals surface area (Å²) in [5, 5.41) is 0. The number of allylic oxidation sites excluding steroid dienone is 1. The standard InChI is InChI=1S/C14H20O6/c1-3-17-12(15)10-11(13(16)18-4-2)20-14(19-10)8-6-5-7-9-14/h5-6,10-11H,3-4,7-9H2,1-2H3/t10-,11-/m0/s1. The quantitative estimate of drug-likeness (QED) is 0.573. The fourth-order valence-corrected chi connectivity index (χ4v) is 2.41. The maximum atomic E-state index is 11.9. The summed E-state index contributed by atoms with van der Waals surface area (Å²) >= 11 is 0. The summed E-state index contributed by atoms with van der Waals surface area (Å²) in [6.07, 6.45) is 3.74. The van der Waals surface area contributed by atoms with Gasteiger partial charge in [-0.1, -0.05) is 12.2 Å². The van der Waals surface area contributed by atoms with E-state index < -0.39 is 29.9 Å². The number of hydrogen-bond donors (Lipinski definition) is 0. The van der Waals surface area contributed by atoms with E-state index in [1.54, 1.807) is 13.8 Å². The molecule has 0 unspecified atom stereocenters. The molecule has 0 amide bonds. The van der Waals surface area contributed by atoms with Crippen LogP contribution in [0.4, 0.5) is 0 Å². The second-order valence-electron chi connectivity index (χ2n) is 4.71. The van der Waals surface area contributed by atoms with Crippen LogP contribution in [0.3, 0.4) is 0 Å². The summed E-state index contributed by atoms with van der Waals surface area (Å²) in [5.41, 5.74) is 0. The predicted molar refractivity (Wildman–Crippen MR) is 68.7 cm³/mol. The lowest BCUT2D eigenvalue weighted by atomic mass is 10.0. The number of carbonyl (C=O) groups is 2. The fourth-order valence-electron chi connectivity index (χ4n) is 2.41. The topological polar surface area (TPSA) is 71.1 Å². The van der Waals surface area contributed by atoms with Crippen molar-refractivity contribution in [1.29, 1.82) is 0 Å². The van der Waals surface area contributed by atoms with Gasteiger partial charge < -0.3 is 18.9 Å². The van der Waals surface area contributed by atoms with Crippen LogP contribution >= 0.6 is 0 Å². The molecule has 0 radical (unpaired) electrons. The molecule has 1 heterocycles. The summed E-state index contributed by atoms with van der Waals surface area (Å²) in [4.78, 5) is 23.9. The maximum absolute atomic E-state index is 11.9. The predicted octanol–water partition coefficient (Wildman–Crippen LogP) is 1.33. The molecule has 6 heteroatoms. The van der Waals surface area contributed by atoms with Gasteiger partial charge in [0.1, 0.15) is 0 Å². The average Bonchev–Trinajstić information content (AvgIpc) is 2.80. The first kappa shape index (κ1) is 15.0. The first-order valence-corrected chi connectivity index (χ1v) is 6.96. The van der Waals surface area contributed by atoms with Crippen LogP contribution in [-0.2, 0) is 28.5 Å². The lowest BCUT2D eigenvalue weighted by molar-refractivity contribution is -0.192. The molecule has 0 aromatic carbocycles. The maximum Gasteiger partial charge on any atom is 0.338 e. The number of hydrogen-bond acceptors (Lipinski definition) is 6. The van der Waals surface area contributed by atoms with Gasteiger partial charge in [-0.05, 0) is 20.3 Å². The van der Waals surface area contributed by atoms with Crippen molar-refractivity contribution in [3.8, 4) is 0 Å². The summed E-state index contributed by atoms with van der Waals surface area (Å²) in [6, 6.07) is 0. The molecule has 1 saturated heterocycles. The zero-order valence-corrected chi connectivity index (χ0v) is 11.8. The minimum Gasteiger partial charge on any atom is -0.464 e. The Kier molecular flexibility index (Phi) is 4.77. The van der Waals surface area contributed by atoms with Gasteiger partial charge in [0.25, 0.3) is 0 Å². The molecule has 1 fully saturated rings. The van der Waals surface area contributed by atoms with Gasteiger partial charge in [-0.2, -0.15) is 0 Å². The van der Waals surface area contributed by atoms with Crippen molar-refractivity contribution in [1.82, 2.24) is 0 Å². The highest BCUT2D eigenvalue weighted by Gasteiger charge is 2.54. The molecule has 112 valence electrons. The number of ether oxygens (including phenoxy) is 4. The van der Waals surface area contributed by atoms with Crippen LogP contribution in [0.25, 0.3) is 0 Å². The lowest BCUT2D eigenvalue weighted by Crippen LogP contribution is -2.39. The second kappa shape index (κ2) is 6.37. The number of rotatable bonds is 4. The molecule has 20 heavy (non-hydrogen) atoms. The summed E-state index contributed by atoms with van der Waals surface area (Å²) in [5.74, 6) is -2.09. The zero-order chi connectivity index (χ0) is 14.6. The Bertz CT molecular complexity index is 376. The third-order valence-corrected chi connectivity index (χ3v) is 3.28. The van der Waals surface area contributed by atoms with Gasteiger partial charge in [0.15, 0.2) is 18.0 Å². The smallest absolute Gasteiger partial charge is 0.338 e. The van der Waals surface area contributed by atoms with Crippen LogP contribution < -0.4 is 0 Å². The van der Waals surface area contributed by atoms with Crippen LogP contribution in [0.15, 0.2) is 12.2 Å². The van der Waals surface area contributed by atoms with Crippen molar-refractivity contribution in [2.45, 2.75) is 51.1 Å². The third-order valence-electron chi connectivity index (χ3n) is 3.28. The summed E-state index contributed by atoms with van der Waals surface area (Å²) in [6.45, 7) is 3.85. The largest absolute Gasteiger partial charge is 0.464 e. The molecule has 1 spiro atoms. The van der Waals surface area contributed by atoms with Gasteiger partial charge in [0, 0.05) is 12.8 Å². The summed E-state index contributed by atoms with van der Waals surface area (Å²) < 4.78 is 21.4. The van der Waals surface area contributed by atoms with Crippen molar-refractivity contribution in [3.63, 3.8) is 0 Å². The molecular formula is C14H20O6. The molecule has 0 saturated carbocycles. The Balaban J connectivity index is 2.15. The molecule has 2 atom stereocenters. The molecule has 2 aliphatic rings. The molecule has 0 N–H and O–H groups in total. The Morgan fingerprint density at radius 2 is 1.65 bits per heavy atom. The first-order chi connectivity index (χ1) is 9.62. The highest BCUT2D eigenvalue weighted by Crippen LogP contribution is 2.39. The van der Waals surface area contributed by atoms with Crippen LogP contribution in [0.2, 0.25) is 0 Å². The average molecular weight is 284 g/mol. The van der Waals surface area contributed by atoms with Gasteiger partial charge in [0.2, 0.25) is 0 Å². The third kappa shape index (κ3) is 3.02. The molecule has 1 aliphatic heterocycles. The summed E-state index contributed by atoms with van der Waals surface area (Å²) in [7, 11) is 0. The number of esters is 2. The monoisotopic (exact) mass is 284 g/mol. The molecule has 6 nitrogen and oxygen atoms in total. The molecule has 2 rings (SSSR count). The van der Waals surface area contributed by atoms with Crippen molar-refractivity contribution in [3.05, 3.63) is 12.2 Å². The van der Waals surface area contributed by atoms with Gasteiger partial charge >= 0.3 is 11.9 Å². The van der Waals surface area contributed by atoms with E-state index in [2.05, 4.69) is 0 Å².